The SMILES string of the molecule is COCC(=O)N1CCC(Nc2cccc(Sc3ccc(/C=C/C(=O)[NH+]4CCN(C=O)CC4)c(C(F)(F)F)c3C(F)(F)F)c2)CC1. The van der Waals surface area contributed by atoms with Gasteiger partial charge in [0.15, 0.2) is 0 Å². The third kappa shape index (κ3) is 9.01. The van der Waals surface area contributed by atoms with Crippen LogP contribution < -0.4 is 10.2 Å². The predicted molar refractivity (Wildman–Crippen MR) is 154 cm³/mol. The van der Waals surface area contributed by atoms with Gasteiger partial charge in [-0.15, -0.1) is 0 Å². The lowest BCUT2D eigenvalue weighted by atomic mass is 9.99. The zero-order valence-electron chi connectivity index (χ0n) is 24.3. The zero-order valence-corrected chi connectivity index (χ0v) is 25.2. The molecule has 45 heavy (non-hydrogen) atoms. The number of benzene rings is 2. The summed E-state index contributed by atoms with van der Waals surface area (Å²) >= 11 is 0.560. The Morgan fingerprint density at radius 2 is 1.67 bits per heavy atom. The molecule has 2 aromatic carbocycles. The Morgan fingerprint density at radius 1 is 1.00 bits per heavy atom. The number of nitrogens with zero attached hydrogens (tertiary/aromatic N) is 2. The fraction of sp³-hybridized carbons (Fsp3) is 0.433. The number of hydrogen-bond acceptors (Lipinski definition) is 6. The Hall–Kier alpha value is -3.56. The molecule has 4 rings (SSSR count). The van der Waals surface area contributed by atoms with Crippen LogP contribution in [0.1, 0.15) is 29.5 Å². The number of hydrogen-bond donors (Lipinski definition) is 2. The molecule has 2 aliphatic heterocycles. The minimum absolute atomic E-state index is 0.00929. The molecule has 15 heteroatoms. The smallest absolute Gasteiger partial charge is 0.382 e. The molecule has 3 amide bonds. The van der Waals surface area contributed by atoms with Crippen molar-refractivity contribution in [2.75, 3.05) is 58.3 Å². The fourth-order valence-electron chi connectivity index (χ4n) is 5.34. The largest absolute Gasteiger partial charge is 0.418 e. The number of methoxy groups -OCH3 is 1. The van der Waals surface area contributed by atoms with Gasteiger partial charge < -0.3 is 19.9 Å². The molecule has 0 radical (unpaired) electrons. The van der Waals surface area contributed by atoms with E-state index in [1.165, 1.54) is 18.1 Å². The molecule has 2 aliphatic rings. The van der Waals surface area contributed by atoms with Crippen molar-refractivity contribution in [2.24, 2.45) is 0 Å². The number of ether oxygens (including phenoxy) is 1. The van der Waals surface area contributed by atoms with E-state index in [1.807, 2.05) is 0 Å². The molecule has 2 saturated heterocycles. The van der Waals surface area contributed by atoms with E-state index in [1.54, 1.807) is 23.1 Å². The number of alkyl halides is 6. The Labute approximate surface area is 260 Å². The van der Waals surface area contributed by atoms with Crippen LogP contribution in [0, 0.1) is 0 Å². The third-order valence-corrected chi connectivity index (χ3v) is 8.68. The first-order valence-electron chi connectivity index (χ1n) is 14.2. The quantitative estimate of drug-likeness (QED) is 0.242. The highest BCUT2D eigenvalue weighted by Gasteiger charge is 2.46. The first kappa shape index (κ1) is 34.3. The molecule has 0 aliphatic carbocycles. The van der Waals surface area contributed by atoms with Crippen LogP contribution in [0.3, 0.4) is 0 Å². The molecule has 0 atom stereocenters. The molecule has 0 unspecified atom stereocenters. The van der Waals surface area contributed by atoms with Crippen LogP contribution in [0.4, 0.5) is 32.0 Å². The van der Waals surface area contributed by atoms with Crippen molar-refractivity contribution in [3.8, 4) is 0 Å². The van der Waals surface area contributed by atoms with Gasteiger partial charge in [-0.25, -0.2) is 4.79 Å². The zero-order chi connectivity index (χ0) is 32.8. The maximum Gasteiger partial charge on any atom is 0.418 e. The van der Waals surface area contributed by atoms with Crippen LogP contribution in [0.15, 0.2) is 52.3 Å². The van der Waals surface area contributed by atoms with Crippen molar-refractivity contribution in [1.82, 2.24) is 9.80 Å². The van der Waals surface area contributed by atoms with E-state index < -0.39 is 39.8 Å². The summed E-state index contributed by atoms with van der Waals surface area (Å²) in [6.45, 7) is 2.04. The highest BCUT2D eigenvalue weighted by molar-refractivity contribution is 7.99. The summed E-state index contributed by atoms with van der Waals surface area (Å²) < 4.78 is 90.6. The number of likely N-dealkylation sites (tertiary alicyclic amines) is 1. The topological polar surface area (TPSA) is 83.4 Å². The Kier molecular flexibility index (Phi) is 11.2. The van der Waals surface area contributed by atoms with E-state index in [4.69, 9.17) is 4.74 Å². The molecule has 0 bridgehead atoms. The average Bonchev–Trinajstić information content (AvgIpc) is 2.99. The molecule has 244 valence electrons. The van der Waals surface area contributed by atoms with Gasteiger partial charge in [-0.3, -0.25) is 14.5 Å². The predicted octanol–water partition coefficient (Wildman–Crippen LogP) is 3.82. The van der Waals surface area contributed by atoms with Crippen molar-refractivity contribution in [3.63, 3.8) is 0 Å². The van der Waals surface area contributed by atoms with E-state index in [-0.39, 0.29) is 44.7 Å². The molecule has 2 aromatic rings. The van der Waals surface area contributed by atoms with E-state index >= 15 is 0 Å². The molecule has 2 N–H and O–H groups in total. The summed E-state index contributed by atoms with van der Waals surface area (Å²) in [5.74, 6) is -0.700. The molecule has 2 fully saturated rings. The molecular weight excluding hydrogens is 626 g/mol. The van der Waals surface area contributed by atoms with Gasteiger partial charge in [-0.2, -0.15) is 26.3 Å². The number of piperazine rings is 1. The van der Waals surface area contributed by atoms with Crippen LogP contribution in [-0.2, 0) is 31.5 Å². The molecule has 0 spiro atoms. The number of carbonyl (C=O) groups is 3. The molecular formula is C30H33F6N4O4S+. The lowest BCUT2D eigenvalue weighted by molar-refractivity contribution is -0.822. The third-order valence-electron chi connectivity index (χ3n) is 7.63. The lowest BCUT2D eigenvalue weighted by Crippen LogP contribution is -3.17. The van der Waals surface area contributed by atoms with Crippen molar-refractivity contribution in [1.29, 1.82) is 0 Å². The van der Waals surface area contributed by atoms with Gasteiger partial charge >= 0.3 is 18.3 Å². The van der Waals surface area contributed by atoms with Gasteiger partial charge in [0.05, 0.1) is 24.2 Å². The summed E-state index contributed by atoms with van der Waals surface area (Å²) in [5.41, 5.74) is -3.88. The lowest BCUT2D eigenvalue weighted by Gasteiger charge is -2.32. The van der Waals surface area contributed by atoms with Crippen LogP contribution in [0.5, 0.6) is 0 Å². The summed E-state index contributed by atoms with van der Waals surface area (Å²) in [7, 11) is 1.44. The summed E-state index contributed by atoms with van der Waals surface area (Å²) in [6.07, 6.45) is -7.18. The van der Waals surface area contributed by atoms with Crippen LogP contribution in [0.25, 0.3) is 6.08 Å². The van der Waals surface area contributed by atoms with Gasteiger partial charge in [0, 0.05) is 47.8 Å². The minimum atomic E-state index is -5.37. The normalized spacial score (nSPS) is 17.1. The number of rotatable bonds is 9. The van der Waals surface area contributed by atoms with E-state index in [0.717, 1.165) is 24.3 Å². The fourth-order valence-corrected chi connectivity index (χ4v) is 6.38. The van der Waals surface area contributed by atoms with E-state index in [0.29, 0.717) is 59.6 Å². The van der Waals surface area contributed by atoms with Crippen molar-refractivity contribution in [3.05, 3.63) is 59.2 Å². The van der Waals surface area contributed by atoms with E-state index in [2.05, 4.69) is 5.32 Å². The monoisotopic (exact) mass is 659 g/mol. The number of quaternary nitrogens is 1. The maximum absolute atomic E-state index is 14.3. The number of amides is 3. The average molecular weight is 660 g/mol. The molecule has 0 saturated carbocycles. The minimum Gasteiger partial charge on any atom is -0.382 e. The van der Waals surface area contributed by atoms with Crippen molar-refractivity contribution < 1.29 is 50.4 Å². The maximum atomic E-state index is 14.3. The number of carbonyl (C=O) groups excluding carboxylic acids is 3. The van der Waals surface area contributed by atoms with Crippen LogP contribution >= 0.6 is 11.8 Å². The van der Waals surface area contributed by atoms with Gasteiger partial charge in [-0.05, 0) is 48.7 Å². The highest BCUT2D eigenvalue weighted by Crippen LogP contribution is 2.48. The molecule has 2 heterocycles. The summed E-state index contributed by atoms with van der Waals surface area (Å²) in [6, 6.07) is 8.29. The van der Waals surface area contributed by atoms with Gasteiger partial charge in [0.25, 0.3) is 0 Å². The first-order valence-corrected chi connectivity index (χ1v) is 15.0. The number of anilines is 1. The Morgan fingerprint density at radius 3 is 2.27 bits per heavy atom. The second-order valence-electron chi connectivity index (χ2n) is 10.7. The Balaban J connectivity index is 1.55. The van der Waals surface area contributed by atoms with E-state index in [9.17, 15) is 40.7 Å². The Bertz CT molecular complexity index is 1400. The number of nitrogens with one attached hydrogen (secondary N) is 2. The van der Waals surface area contributed by atoms with Gasteiger partial charge in [0.1, 0.15) is 19.7 Å². The van der Waals surface area contributed by atoms with Crippen LogP contribution in [0.2, 0.25) is 0 Å². The number of piperidine rings is 1. The highest BCUT2D eigenvalue weighted by atomic mass is 32.2. The van der Waals surface area contributed by atoms with Crippen molar-refractivity contribution in [2.45, 2.75) is 41.0 Å². The van der Waals surface area contributed by atoms with Crippen LogP contribution in [-0.4, -0.2) is 87.1 Å². The summed E-state index contributed by atoms with van der Waals surface area (Å²) in [4.78, 5) is 38.7. The van der Waals surface area contributed by atoms with Gasteiger partial charge in [-0.1, -0.05) is 23.9 Å². The second kappa shape index (κ2) is 14.7. The number of halogens is 6. The van der Waals surface area contributed by atoms with Crippen molar-refractivity contribution >= 4 is 41.7 Å². The standard InChI is InChI=1S/C30H32F6N4O4S/c1-44-18-26(43)39-11-9-21(10-12-39)37-22-3-2-4-23(17-22)45-24-7-5-20(27(29(31,32)33)28(24)30(34,35)36)6-8-25(42)40-15-13-38(19-41)14-16-40/h2-8,17,19,21,37H,9-16,18H2,1H3/p+1/b8-6+. The first-order chi connectivity index (χ1) is 21.3. The molecule has 8 nitrogen and oxygen atoms in total. The van der Waals surface area contributed by atoms with Gasteiger partial charge in [0.2, 0.25) is 12.3 Å². The summed E-state index contributed by atoms with van der Waals surface area (Å²) in [5, 5.41) is 3.30. The molecule has 0 aromatic heterocycles. The second-order valence-corrected chi connectivity index (χ2v) is 11.8.